The van der Waals surface area contributed by atoms with Crippen molar-refractivity contribution in [2.75, 3.05) is 0 Å². The van der Waals surface area contributed by atoms with Gasteiger partial charge in [0.1, 0.15) is 0 Å². The molecule has 0 fully saturated rings. The molecule has 0 saturated carbocycles. The second kappa shape index (κ2) is 3.15. The van der Waals surface area contributed by atoms with Crippen molar-refractivity contribution in [2.45, 2.75) is 0 Å². The van der Waals surface area contributed by atoms with Crippen molar-refractivity contribution in [1.29, 1.82) is 0 Å². The minimum atomic E-state index is 1.22. The van der Waals surface area contributed by atoms with Gasteiger partial charge in [-0.05, 0) is 0 Å². The predicted molar refractivity (Wildman–Crippen MR) is 33.0 cm³/mol. The number of rotatable bonds is 1. The van der Waals surface area contributed by atoms with Crippen LogP contribution in [0.1, 0.15) is 0 Å². The summed E-state index contributed by atoms with van der Waals surface area (Å²) in [7, 11) is 0. The van der Waals surface area contributed by atoms with Gasteiger partial charge < -0.3 is 0 Å². The number of hydrogen-bond donors (Lipinski definition) is 0. The molecule has 0 N–H and O–H groups in total. The summed E-state index contributed by atoms with van der Waals surface area (Å²) >= 11 is 2.93. The van der Waals surface area contributed by atoms with Gasteiger partial charge in [0.15, 0.2) is 0 Å². The van der Waals surface area contributed by atoms with Gasteiger partial charge in [0.25, 0.3) is 0 Å². The van der Waals surface area contributed by atoms with Gasteiger partial charge in [-0.3, -0.25) is 0 Å². The van der Waals surface area contributed by atoms with E-state index in [4.69, 9.17) is 0 Å². The molecule has 0 radical (unpaired) electrons. The molecule has 0 saturated heterocycles. The zero-order valence-electron chi connectivity index (χ0n) is 4.24. The Kier molecular flexibility index (Phi) is 2.43. The molecule has 0 unspecified atom stereocenters. The van der Waals surface area contributed by atoms with E-state index in [0.717, 1.165) is 0 Å². The van der Waals surface area contributed by atoms with E-state index >= 15 is 0 Å². The molecule has 0 bridgehead atoms. The van der Waals surface area contributed by atoms with E-state index in [-0.39, 0.29) is 0 Å². The molecule has 0 aromatic heterocycles. The first-order valence-electron chi connectivity index (χ1n) is 2.32. The first-order chi connectivity index (χ1) is 3.93. The van der Waals surface area contributed by atoms with Crippen LogP contribution in [0.2, 0.25) is 0 Å². The average molecular weight is 160 g/mol. The molecular weight excluding hydrogens is 155 g/mol. The summed E-state index contributed by atoms with van der Waals surface area (Å²) in [6, 6.07) is 10.3. The zero-order valence-corrected chi connectivity index (χ0v) is 6.41. The van der Waals surface area contributed by atoms with E-state index in [1.165, 1.54) is 12.1 Å². The van der Waals surface area contributed by atoms with Crippen LogP contribution in [-0.2, 0) is 15.4 Å². The normalized spacial score (nSPS) is 9.50. The van der Waals surface area contributed by atoms with E-state index in [1.807, 2.05) is 18.2 Å². The van der Waals surface area contributed by atoms with Crippen molar-refractivity contribution < 1.29 is 15.4 Å². The van der Waals surface area contributed by atoms with Crippen LogP contribution in [0.15, 0.2) is 30.3 Å². The van der Waals surface area contributed by atoms with E-state index in [9.17, 15) is 0 Å². The van der Waals surface area contributed by atoms with Crippen molar-refractivity contribution in [3.8, 4) is 0 Å². The maximum absolute atomic E-state index is 2.93. The summed E-state index contributed by atoms with van der Waals surface area (Å²) in [6.45, 7) is 1.22. The molecule has 8 heavy (non-hydrogen) atoms. The molecule has 0 spiro atoms. The van der Waals surface area contributed by atoms with Crippen LogP contribution in [0.3, 0.4) is 0 Å². The molecular formula is C6H5CrP. The Labute approximate surface area is 58.2 Å². The van der Waals surface area contributed by atoms with Crippen molar-refractivity contribution in [3.63, 3.8) is 0 Å². The van der Waals surface area contributed by atoms with Gasteiger partial charge in [-0.2, -0.15) is 0 Å². The Bertz CT molecular complexity index is 171. The van der Waals surface area contributed by atoms with Gasteiger partial charge in [0.2, 0.25) is 0 Å². The Morgan fingerprint density at radius 3 is 2.12 bits per heavy atom. The fourth-order valence-electron chi connectivity index (χ4n) is 0.489. The molecule has 0 aliphatic rings. The monoisotopic (exact) mass is 160 g/mol. The average Bonchev–Trinajstić information content (AvgIpc) is 1.90. The van der Waals surface area contributed by atoms with Gasteiger partial charge in [-0.15, -0.1) is 0 Å². The Balaban J connectivity index is 2.99. The third-order valence-corrected chi connectivity index (χ3v) is 2.36. The van der Waals surface area contributed by atoms with Crippen molar-refractivity contribution in [2.24, 2.45) is 0 Å². The molecule has 1 aromatic rings. The van der Waals surface area contributed by atoms with E-state index in [1.54, 1.807) is 0 Å². The number of hydrogen-bond acceptors (Lipinski definition) is 0. The minimum absolute atomic E-state index is 1.22. The van der Waals surface area contributed by atoms with Crippen molar-refractivity contribution >= 4 is 12.1 Å². The second-order valence-corrected chi connectivity index (χ2v) is 2.98. The quantitative estimate of drug-likeness (QED) is 0.548. The van der Waals surface area contributed by atoms with Gasteiger partial charge in [-0.1, -0.05) is 0 Å². The topological polar surface area (TPSA) is 0 Å². The fraction of sp³-hybridized carbons (Fsp3) is 0. The SMILES string of the molecule is [Cr]=[P]c1ccccc1. The van der Waals surface area contributed by atoms with Gasteiger partial charge >= 0.3 is 57.8 Å². The van der Waals surface area contributed by atoms with Gasteiger partial charge in [0, 0.05) is 0 Å². The molecule has 0 amide bonds. The van der Waals surface area contributed by atoms with Crippen LogP contribution in [0, 0.1) is 0 Å². The Morgan fingerprint density at radius 1 is 1.12 bits per heavy atom. The fourth-order valence-corrected chi connectivity index (χ4v) is 1.35. The molecule has 0 aliphatic heterocycles. The first-order valence-corrected chi connectivity index (χ1v) is 4.84. The van der Waals surface area contributed by atoms with E-state index in [2.05, 4.69) is 27.5 Å². The summed E-state index contributed by atoms with van der Waals surface area (Å²) in [5, 5.41) is 1.33. The van der Waals surface area contributed by atoms with Crippen LogP contribution in [0.4, 0.5) is 0 Å². The van der Waals surface area contributed by atoms with Crippen molar-refractivity contribution in [3.05, 3.63) is 30.3 Å². The Morgan fingerprint density at radius 2 is 1.75 bits per heavy atom. The summed E-state index contributed by atoms with van der Waals surface area (Å²) in [5.74, 6) is 0. The van der Waals surface area contributed by atoms with Gasteiger partial charge in [0.05, 0.1) is 0 Å². The van der Waals surface area contributed by atoms with Gasteiger partial charge in [-0.25, -0.2) is 0 Å². The summed E-state index contributed by atoms with van der Waals surface area (Å²) < 4.78 is 0. The zero-order chi connectivity index (χ0) is 5.82. The standard InChI is InChI=1S/C6H5P.Cr/c7-6-4-2-1-3-5-6;/h1-5H;. The third kappa shape index (κ3) is 1.53. The molecule has 0 heterocycles. The molecule has 1 rings (SSSR count). The van der Waals surface area contributed by atoms with Crippen LogP contribution in [0.25, 0.3) is 0 Å². The summed E-state index contributed by atoms with van der Waals surface area (Å²) in [6.07, 6.45) is 0. The number of benzene rings is 1. The van der Waals surface area contributed by atoms with E-state index in [0.29, 0.717) is 0 Å². The molecule has 0 nitrogen and oxygen atoms in total. The molecule has 0 atom stereocenters. The van der Waals surface area contributed by atoms with Crippen LogP contribution >= 0.6 is 6.78 Å². The van der Waals surface area contributed by atoms with Crippen LogP contribution in [-0.4, -0.2) is 0 Å². The first kappa shape index (κ1) is 6.18. The summed E-state index contributed by atoms with van der Waals surface area (Å²) in [5.41, 5.74) is 0. The Hall–Kier alpha value is 0.0525. The third-order valence-electron chi connectivity index (χ3n) is 0.862. The molecule has 40 valence electrons. The predicted octanol–water partition coefficient (Wildman–Crippen LogP) is 1.72. The molecule has 0 aliphatic carbocycles. The van der Waals surface area contributed by atoms with E-state index < -0.39 is 0 Å². The second-order valence-electron chi connectivity index (χ2n) is 1.43. The van der Waals surface area contributed by atoms with Crippen LogP contribution in [0.5, 0.6) is 0 Å². The van der Waals surface area contributed by atoms with Crippen LogP contribution < -0.4 is 5.30 Å². The molecule has 1 aromatic carbocycles. The maximum atomic E-state index is 2.93. The van der Waals surface area contributed by atoms with Crippen molar-refractivity contribution in [1.82, 2.24) is 0 Å². The summed E-state index contributed by atoms with van der Waals surface area (Å²) in [4.78, 5) is 0. The molecule has 2 heteroatoms.